The monoisotopic (exact) mass is 236 g/mol. The minimum Gasteiger partial charge on any atom is -0.497 e. The molecule has 0 amide bonds. The van der Waals surface area contributed by atoms with Crippen LogP contribution in [0.2, 0.25) is 0 Å². The molecular weight excluding hydrogens is 220 g/mol. The summed E-state index contributed by atoms with van der Waals surface area (Å²) in [5, 5.41) is 9.02. The molecule has 1 aromatic rings. The van der Waals surface area contributed by atoms with Crippen LogP contribution < -0.4 is 4.74 Å². The normalized spacial score (nSPS) is 23.6. The molecule has 1 aromatic carbocycles. The van der Waals surface area contributed by atoms with Gasteiger partial charge in [-0.15, -0.1) is 0 Å². The first-order chi connectivity index (χ1) is 8.16. The van der Waals surface area contributed by atoms with Crippen LogP contribution in [0.4, 0.5) is 0 Å². The van der Waals surface area contributed by atoms with E-state index in [-0.39, 0.29) is 11.8 Å². The summed E-state index contributed by atoms with van der Waals surface area (Å²) in [5.41, 5.74) is 0.635. The van der Waals surface area contributed by atoms with E-state index in [9.17, 15) is 4.79 Å². The Bertz CT molecular complexity index is 390. The summed E-state index contributed by atoms with van der Waals surface area (Å²) in [7, 11) is 1.61. The molecule has 1 aliphatic rings. The van der Waals surface area contributed by atoms with E-state index in [1.54, 1.807) is 7.11 Å². The zero-order valence-corrected chi connectivity index (χ0v) is 9.81. The van der Waals surface area contributed by atoms with Gasteiger partial charge >= 0.3 is 5.97 Å². The third kappa shape index (κ3) is 2.42. The molecule has 0 aromatic heterocycles. The number of carboxylic acids is 1. The lowest BCUT2D eigenvalue weighted by molar-refractivity contribution is -0.138. The minimum absolute atomic E-state index is 0.110. The Morgan fingerprint density at radius 1 is 1.47 bits per heavy atom. The van der Waals surface area contributed by atoms with E-state index in [1.807, 2.05) is 24.3 Å². The lowest BCUT2D eigenvalue weighted by atomic mass is 9.77. The van der Waals surface area contributed by atoms with E-state index in [0.29, 0.717) is 13.2 Å². The molecule has 2 rings (SSSR count). The van der Waals surface area contributed by atoms with Crippen molar-refractivity contribution in [3.8, 4) is 5.75 Å². The molecule has 0 aliphatic carbocycles. The number of carbonyl (C=O) groups is 1. The van der Waals surface area contributed by atoms with Gasteiger partial charge in [-0.25, -0.2) is 0 Å². The quantitative estimate of drug-likeness (QED) is 0.866. The Hall–Kier alpha value is -1.55. The summed E-state index contributed by atoms with van der Waals surface area (Å²) in [6.07, 6.45) is 0.866. The van der Waals surface area contributed by atoms with Crippen molar-refractivity contribution in [2.45, 2.75) is 18.3 Å². The molecule has 0 radical (unpaired) electrons. The molecule has 1 heterocycles. The number of rotatable bonds is 4. The average Bonchev–Trinajstić information content (AvgIpc) is 2.78. The second-order valence-corrected chi connectivity index (χ2v) is 4.38. The third-order valence-electron chi connectivity index (χ3n) is 3.30. The van der Waals surface area contributed by atoms with Crippen molar-refractivity contribution in [2.24, 2.45) is 0 Å². The zero-order valence-electron chi connectivity index (χ0n) is 9.81. The van der Waals surface area contributed by atoms with Crippen molar-refractivity contribution >= 4 is 5.97 Å². The molecule has 0 saturated carbocycles. The maximum atomic E-state index is 11.0. The summed E-state index contributed by atoms with van der Waals surface area (Å²) >= 11 is 0. The van der Waals surface area contributed by atoms with Gasteiger partial charge in [-0.2, -0.15) is 0 Å². The molecule has 1 atom stereocenters. The summed E-state index contributed by atoms with van der Waals surface area (Å²) in [4.78, 5) is 11.0. The van der Waals surface area contributed by atoms with E-state index >= 15 is 0 Å². The van der Waals surface area contributed by atoms with Gasteiger partial charge in [0.05, 0.1) is 20.1 Å². The van der Waals surface area contributed by atoms with E-state index < -0.39 is 5.97 Å². The molecule has 0 spiro atoms. The van der Waals surface area contributed by atoms with E-state index in [1.165, 1.54) is 0 Å². The zero-order chi connectivity index (χ0) is 12.3. The van der Waals surface area contributed by atoms with Gasteiger partial charge in [0.15, 0.2) is 0 Å². The summed E-state index contributed by atoms with van der Waals surface area (Å²) in [6.45, 7) is 1.10. The molecule has 4 heteroatoms. The Balaban J connectivity index is 2.28. The van der Waals surface area contributed by atoms with Gasteiger partial charge in [-0.1, -0.05) is 12.1 Å². The highest BCUT2D eigenvalue weighted by Crippen LogP contribution is 2.37. The van der Waals surface area contributed by atoms with Crippen LogP contribution in [0.5, 0.6) is 5.75 Å². The molecule has 1 fully saturated rings. The van der Waals surface area contributed by atoms with Crippen molar-refractivity contribution in [3.05, 3.63) is 29.8 Å². The van der Waals surface area contributed by atoms with Gasteiger partial charge in [-0.05, 0) is 24.1 Å². The molecule has 1 saturated heterocycles. The molecule has 1 aliphatic heterocycles. The van der Waals surface area contributed by atoms with Gasteiger partial charge in [0.2, 0.25) is 0 Å². The van der Waals surface area contributed by atoms with Crippen LogP contribution in [-0.4, -0.2) is 31.4 Å². The van der Waals surface area contributed by atoms with Gasteiger partial charge in [-0.3, -0.25) is 4.79 Å². The Labute approximate surface area is 100 Å². The standard InChI is InChI=1S/C13H16O4/c1-16-11-4-2-10(3-5-11)13(8-12(14)15)6-7-17-9-13/h2-5H,6-9H2,1H3,(H,14,15). The Morgan fingerprint density at radius 3 is 2.65 bits per heavy atom. The first kappa shape index (κ1) is 11.9. The molecule has 0 bridgehead atoms. The lowest BCUT2D eigenvalue weighted by Crippen LogP contribution is -2.29. The number of benzene rings is 1. The maximum absolute atomic E-state index is 11.0. The SMILES string of the molecule is COc1ccc(C2(CC(=O)O)CCOC2)cc1. The van der Waals surface area contributed by atoms with Crippen molar-refractivity contribution in [3.63, 3.8) is 0 Å². The molecular formula is C13H16O4. The minimum atomic E-state index is -0.786. The van der Waals surface area contributed by atoms with Gasteiger partial charge in [0.1, 0.15) is 5.75 Å². The fourth-order valence-electron chi connectivity index (χ4n) is 2.31. The predicted molar refractivity (Wildman–Crippen MR) is 62.4 cm³/mol. The van der Waals surface area contributed by atoms with Crippen molar-refractivity contribution < 1.29 is 19.4 Å². The number of aliphatic carboxylic acids is 1. The highest BCUT2D eigenvalue weighted by atomic mass is 16.5. The number of hydrogen-bond acceptors (Lipinski definition) is 3. The number of methoxy groups -OCH3 is 1. The van der Waals surface area contributed by atoms with Crippen molar-refractivity contribution in [2.75, 3.05) is 20.3 Å². The molecule has 4 nitrogen and oxygen atoms in total. The molecule has 1 N–H and O–H groups in total. The number of ether oxygens (including phenoxy) is 2. The largest absolute Gasteiger partial charge is 0.497 e. The smallest absolute Gasteiger partial charge is 0.304 e. The fraction of sp³-hybridized carbons (Fsp3) is 0.462. The number of carboxylic acid groups (broad SMARTS) is 1. The van der Waals surface area contributed by atoms with Crippen LogP contribution in [0.1, 0.15) is 18.4 Å². The Morgan fingerprint density at radius 2 is 2.18 bits per heavy atom. The summed E-state index contributed by atoms with van der Waals surface area (Å²) in [6, 6.07) is 7.57. The molecule has 17 heavy (non-hydrogen) atoms. The second-order valence-electron chi connectivity index (χ2n) is 4.38. The molecule has 92 valence electrons. The second kappa shape index (κ2) is 4.75. The van der Waals surface area contributed by atoms with Crippen LogP contribution in [0.25, 0.3) is 0 Å². The van der Waals surface area contributed by atoms with Crippen LogP contribution in [0.3, 0.4) is 0 Å². The topological polar surface area (TPSA) is 55.8 Å². The molecule has 1 unspecified atom stereocenters. The van der Waals surface area contributed by atoms with Crippen molar-refractivity contribution in [1.29, 1.82) is 0 Å². The van der Waals surface area contributed by atoms with Crippen LogP contribution in [0.15, 0.2) is 24.3 Å². The van der Waals surface area contributed by atoms with E-state index in [0.717, 1.165) is 17.7 Å². The number of hydrogen-bond donors (Lipinski definition) is 1. The van der Waals surface area contributed by atoms with Gasteiger partial charge in [0, 0.05) is 12.0 Å². The summed E-state index contributed by atoms with van der Waals surface area (Å²) < 4.78 is 10.5. The fourth-order valence-corrected chi connectivity index (χ4v) is 2.31. The highest BCUT2D eigenvalue weighted by Gasteiger charge is 2.38. The first-order valence-corrected chi connectivity index (χ1v) is 5.60. The van der Waals surface area contributed by atoms with Crippen LogP contribution in [-0.2, 0) is 14.9 Å². The highest BCUT2D eigenvalue weighted by molar-refractivity contribution is 5.69. The van der Waals surface area contributed by atoms with E-state index in [2.05, 4.69) is 0 Å². The van der Waals surface area contributed by atoms with Crippen LogP contribution in [0, 0.1) is 0 Å². The first-order valence-electron chi connectivity index (χ1n) is 5.60. The van der Waals surface area contributed by atoms with E-state index in [4.69, 9.17) is 14.6 Å². The van der Waals surface area contributed by atoms with Crippen molar-refractivity contribution in [1.82, 2.24) is 0 Å². The van der Waals surface area contributed by atoms with Gasteiger partial charge < -0.3 is 14.6 Å². The maximum Gasteiger partial charge on any atom is 0.304 e. The van der Waals surface area contributed by atoms with Gasteiger partial charge in [0.25, 0.3) is 0 Å². The lowest BCUT2D eigenvalue weighted by Gasteiger charge is -2.26. The Kier molecular flexibility index (Phi) is 3.33. The third-order valence-corrected chi connectivity index (χ3v) is 3.30. The summed E-state index contributed by atoms with van der Waals surface area (Å²) in [5.74, 6) is -0.00976. The predicted octanol–water partition coefficient (Wildman–Crippen LogP) is 1.83. The average molecular weight is 236 g/mol. The van der Waals surface area contributed by atoms with Crippen LogP contribution >= 0.6 is 0 Å².